The molecular weight excluding hydrogens is 354 g/mol. The van der Waals surface area contributed by atoms with Crippen LogP contribution in [0.3, 0.4) is 0 Å². The van der Waals surface area contributed by atoms with Gasteiger partial charge < -0.3 is 26.6 Å². The molecule has 2 aromatic rings. The highest BCUT2D eigenvalue weighted by Crippen LogP contribution is 2.21. The number of allylic oxidation sites excluding steroid dienone is 1. The summed E-state index contributed by atoms with van der Waals surface area (Å²) in [6.45, 7) is 7.98. The van der Waals surface area contributed by atoms with Gasteiger partial charge in [-0.1, -0.05) is 41.1 Å². The number of rotatable bonds is 5. The number of hydrogen-bond acceptors (Lipinski definition) is 3. The van der Waals surface area contributed by atoms with Crippen LogP contribution in [0.1, 0.15) is 6.42 Å². The molecule has 0 radical (unpaired) electrons. The highest BCUT2D eigenvalue weighted by Gasteiger charge is 2.18. The zero-order valence-electron chi connectivity index (χ0n) is 13.2. The molecule has 5 heteroatoms. The Bertz CT molecular complexity index is 627. The summed E-state index contributed by atoms with van der Waals surface area (Å²) in [5.74, 6) is 1.02. The van der Waals surface area contributed by atoms with Crippen LogP contribution in [-0.4, -0.2) is 31.4 Å². The summed E-state index contributed by atoms with van der Waals surface area (Å²) in [6.07, 6.45) is 4.96. The fourth-order valence-electron chi connectivity index (χ4n) is 2.60. The molecule has 0 bridgehead atoms. The Labute approximate surface area is 148 Å². The second kappa shape index (κ2) is 8.79. The predicted octanol–water partition coefficient (Wildman–Crippen LogP) is -0.547. The summed E-state index contributed by atoms with van der Waals surface area (Å²) < 4.78 is 7.46. The first-order valence-electron chi connectivity index (χ1n) is 7.77. The Hall–Kier alpha value is -1.72. The summed E-state index contributed by atoms with van der Waals surface area (Å²) in [7, 11) is 0. The van der Waals surface area contributed by atoms with Gasteiger partial charge in [0.2, 0.25) is 6.20 Å². The lowest BCUT2D eigenvalue weighted by Crippen LogP contribution is -3.00. The van der Waals surface area contributed by atoms with Crippen molar-refractivity contribution in [2.45, 2.75) is 13.0 Å². The first kappa shape index (κ1) is 17.6. The van der Waals surface area contributed by atoms with Crippen LogP contribution in [0, 0.1) is 0 Å². The summed E-state index contributed by atoms with van der Waals surface area (Å²) >= 11 is 0. The normalized spacial score (nSPS) is 14.2. The fourth-order valence-corrected chi connectivity index (χ4v) is 2.60. The van der Waals surface area contributed by atoms with Gasteiger partial charge in [-0.2, -0.15) is 0 Å². The highest BCUT2D eigenvalue weighted by atomic mass is 79.9. The minimum absolute atomic E-state index is 0. The van der Waals surface area contributed by atoms with Gasteiger partial charge in [-0.05, 0) is 5.56 Å². The van der Waals surface area contributed by atoms with Gasteiger partial charge in [0.15, 0.2) is 12.4 Å². The molecule has 0 aliphatic carbocycles. The van der Waals surface area contributed by atoms with Crippen molar-refractivity contribution in [3.05, 3.63) is 55.3 Å². The number of aromatic nitrogens is 2. The van der Waals surface area contributed by atoms with E-state index in [4.69, 9.17) is 9.84 Å². The number of nitrogens with zero attached hydrogens (tertiary/aromatic N) is 3. The van der Waals surface area contributed by atoms with Gasteiger partial charge in [0.1, 0.15) is 0 Å². The van der Waals surface area contributed by atoms with Crippen molar-refractivity contribution in [2.75, 3.05) is 31.2 Å². The average Bonchev–Trinajstić information content (AvgIpc) is 2.61. The lowest BCUT2D eigenvalue weighted by atomic mass is 10.1. The first-order chi connectivity index (χ1) is 10.9. The van der Waals surface area contributed by atoms with Gasteiger partial charge >= 0.3 is 0 Å². The fraction of sp³-hybridized carbons (Fsp3) is 0.333. The van der Waals surface area contributed by atoms with Crippen LogP contribution >= 0.6 is 0 Å². The Balaban J connectivity index is 0.00000192. The van der Waals surface area contributed by atoms with E-state index in [0.29, 0.717) is 0 Å². The Morgan fingerprint density at radius 3 is 2.61 bits per heavy atom. The van der Waals surface area contributed by atoms with E-state index in [1.807, 2.05) is 16.8 Å². The molecule has 1 aliphatic heterocycles. The lowest BCUT2D eigenvalue weighted by Gasteiger charge is -2.26. The summed E-state index contributed by atoms with van der Waals surface area (Å²) in [5, 5.41) is 4.76. The molecule has 2 heterocycles. The SMILES string of the molecule is C=CCC[n+]1cc(-c2ccccc2)cc(N2CCOCC2)n1.[Br-]. The second-order valence-corrected chi connectivity index (χ2v) is 5.39. The largest absolute Gasteiger partial charge is 1.00 e. The molecule has 0 saturated carbocycles. The Morgan fingerprint density at radius 1 is 1.17 bits per heavy atom. The third kappa shape index (κ3) is 4.62. The van der Waals surface area contributed by atoms with Crippen molar-refractivity contribution in [3.63, 3.8) is 0 Å². The van der Waals surface area contributed by atoms with Crippen LogP contribution in [0.15, 0.2) is 55.3 Å². The van der Waals surface area contributed by atoms with E-state index in [1.54, 1.807) is 0 Å². The maximum atomic E-state index is 5.44. The minimum atomic E-state index is 0. The number of ether oxygens (including phenoxy) is 1. The third-order valence-electron chi connectivity index (χ3n) is 3.81. The number of anilines is 1. The first-order valence-corrected chi connectivity index (χ1v) is 7.77. The quantitative estimate of drug-likeness (QED) is 0.518. The van der Waals surface area contributed by atoms with Gasteiger partial charge in [-0.3, -0.25) is 0 Å². The Kier molecular flexibility index (Phi) is 6.74. The predicted molar refractivity (Wildman–Crippen MR) is 87.7 cm³/mol. The Morgan fingerprint density at radius 2 is 1.91 bits per heavy atom. The lowest BCUT2D eigenvalue weighted by molar-refractivity contribution is -0.751. The van der Waals surface area contributed by atoms with E-state index >= 15 is 0 Å². The molecule has 23 heavy (non-hydrogen) atoms. The van der Waals surface area contributed by atoms with Crippen molar-refractivity contribution in [1.29, 1.82) is 0 Å². The van der Waals surface area contributed by atoms with E-state index in [1.165, 1.54) is 11.1 Å². The van der Waals surface area contributed by atoms with E-state index < -0.39 is 0 Å². The van der Waals surface area contributed by atoms with Gasteiger partial charge in [-0.25, -0.2) is 0 Å². The molecule has 1 fully saturated rings. The summed E-state index contributed by atoms with van der Waals surface area (Å²) in [5.41, 5.74) is 2.41. The third-order valence-corrected chi connectivity index (χ3v) is 3.81. The molecule has 1 aliphatic rings. The van der Waals surface area contributed by atoms with E-state index in [0.717, 1.165) is 45.1 Å². The number of aryl methyl sites for hydroxylation is 1. The van der Waals surface area contributed by atoms with Crippen LogP contribution < -0.4 is 26.6 Å². The molecule has 1 aromatic carbocycles. The number of halogens is 1. The number of morpholine rings is 1. The van der Waals surface area contributed by atoms with E-state index in [9.17, 15) is 0 Å². The van der Waals surface area contributed by atoms with Crippen molar-refractivity contribution < 1.29 is 26.4 Å². The van der Waals surface area contributed by atoms with Crippen LogP contribution in [0.25, 0.3) is 11.1 Å². The number of hydrogen-bond donors (Lipinski definition) is 0. The average molecular weight is 376 g/mol. The van der Waals surface area contributed by atoms with Gasteiger partial charge in [0.05, 0.1) is 18.8 Å². The topological polar surface area (TPSA) is 29.2 Å². The molecule has 1 saturated heterocycles. The molecule has 122 valence electrons. The smallest absolute Gasteiger partial charge is 0.204 e. The number of benzene rings is 1. The van der Waals surface area contributed by atoms with Crippen molar-refractivity contribution >= 4 is 5.82 Å². The minimum Gasteiger partial charge on any atom is -1.00 e. The van der Waals surface area contributed by atoms with Crippen LogP contribution in [0.4, 0.5) is 5.82 Å². The van der Waals surface area contributed by atoms with Crippen molar-refractivity contribution in [3.8, 4) is 11.1 Å². The molecule has 4 nitrogen and oxygen atoms in total. The summed E-state index contributed by atoms with van der Waals surface area (Å²) in [4.78, 5) is 2.29. The molecule has 0 atom stereocenters. The molecule has 3 rings (SSSR count). The molecule has 1 aromatic heterocycles. The monoisotopic (exact) mass is 375 g/mol. The van der Waals surface area contributed by atoms with Crippen molar-refractivity contribution in [1.82, 2.24) is 5.10 Å². The molecule has 0 spiro atoms. The molecular formula is C18H22BrN3O. The zero-order chi connectivity index (χ0) is 15.2. The van der Waals surface area contributed by atoms with Gasteiger partial charge in [0.25, 0.3) is 0 Å². The second-order valence-electron chi connectivity index (χ2n) is 5.39. The molecule has 0 amide bonds. The van der Waals surface area contributed by atoms with E-state index in [2.05, 4.69) is 48.0 Å². The highest BCUT2D eigenvalue weighted by molar-refractivity contribution is 5.64. The molecule has 0 unspecified atom stereocenters. The summed E-state index contributed by atoms with van der Waals surface area (Å²) in [6, 6.07) is 12.6. The van der Waals surface area contributed by atoms with Crippen molar-refractivity contribution in [2.24, 2.45) is 0 Å². The van der Waals surface area contributed by atoms with Gasteiger partial charge in [-0.15, -0.1) is 6.58 Å². The van der Waals surface area contributed by atoms with E-state index in [-0.39, 0.29) is 17.0 Å². The van der Waals surface area contributed by atoms with Crippen LogP contribution in [0.2, 0.25) is 0 Å². The zero-order valence-corrected chi connectivity index (χ0v) is 14.8. The van der Waals surface area contributed by atoms with Crippen LogP contribution in [0.5, 0.6) is 0 Å². The maximum Gasteiger partial charge on any atom is 0.204 e. The standard InChI is InChI=1S/C18H22N3O.BrH/c1-2-3-9-21-15-17(16-7-5-4-6-8-16)14-18(19-21)20-10-12-22-13-11-20;/h2,4-8,14-15H,1,3,9-13H2;1H/q+1;/p-1. The van der Waals surface area contributed by atoms with Crippen LogP contribution in [-0.2, 0) is 11.3 Å². The van der Waals surface area contributed by atoms with Gasteiger partial charge in [0, 0.05) is 30.7 Å². The maximum absolute atomic E-state index is 5.44. The molecule has 0 N–H and O–H groups in total.